The zero-order chi connectivity index (χ0) is 12.8. The minimum absolute atomic E-state index is 0.199. The molecule has 0 heterocycles. The van der Waals surface area contributed by atoms with Crippen LogP contribution in [0.15, 0.2) is 24.3 Å². The number of rotatable bonds is 5. The minimum Gasteiger partial charge on any atom is -0.478 e. The molecule has 0 aliphatic rings. The summed E-state index contributed by atoms with van der Waals surface area (Å²) in [7, 11) is 0. The number of carboxylic acids is 1. The number of carbonyl (C=O) groups excluding carboxylic acids is 1. The Morgan fingerprint density at radius 1 is 1.35 bits per heavy atom. The molecule has 1 amide bonds. The van der Waals surface area contributed by atoms with Crippen molar-refractivity contribution < 1.29 is 14.7 Å². The van der Waals surface area contributed by atoms with Crippen molar-refractivity contribution in [3.05, 3.63) is 35.4 Å². The maximum Gasteiger partial charge on any atom is 0.335 e. The van der Waals surface area contributed by atoms with E-state index in [1.807, 2.05) is 6.92 Å². The Kier molecular flexibility index (Phi) is 4.66. The number of hydrogen-bond acceptors (Lipinski definition) is 3. The molecule has 0 bridgehead atoms. The van der Waals surface area contributed by atoms with Crippen molar-refractivity contribution in [1.82, 2.24) is 5.32 Å². The summed E-state index contributed by atoms with van der Waals surface area (Å²) in [5.41, 5.74) is 6.62. The SMILES string of the molecule is CC[C@H](N)C(=O)NCc1ccc(C(=O)O)cc1. The van der Waals surface area contributed by atoms with Gasteiger partial charge in [-0.25, -0.2) is 4.79 Å². The highest BCUT2D eigenvalue weighted by molar-refractivity contribution is 5.87. The molecule has 0 saturated carbocycles. The molecule has 1 aromatic carbocycles. The van der Waals surface area contributed by atoms with E-state index in [2.05, 4.69) is 5.32 Å². The quantitative estimate of drug-likeness (QED) is 0.703. The topological polar surface area (TPSA) is 92.4 Å². The number of aromatic carboxylic acids is 1. The van der Waals surface area contributed by atoms with E-state index in [0.29, 0.717) is 13.0 Å². The molecule has 0 saturated heterocycles. The van der Waals surface area contributed by atoms with Crippen molar-refractivity contribution in [3.63, 3.8) is 0 Å². The second-order valence-corrected chi connectivity index (χ2v) is 3.73. The molecule has 0 unspecified atom stereocenters. The third-order valence-electron chi connectivity index (χ3n) is 2.44. The van der Waals surface area contributed by atoms with E-state index in [1.54, 1.807) is 12.1 Å². The Labute approximate surface area is 99.6 Å². The summed E-state index contributed by atoms with van der Waals surface area (Å²) in [6.07, 6.45) is 0.587. The molecule has 5 heteroatoms. The van der Waals surface area contributed by atoms with Gasteiger partial charge in [-0.1, -0.05) is 19.1 Å². The number of hydrogen-bond donors (Lipinski definition) is 3. The first kappa shape index (κ1) is 13.2. The maximum absolute atomic E-state index is 11.4. The van der Waals surface area contributed by atoms with E-state index < -0.39 is 12.0 Å². The molecule has 0 aromatic heterocycles. The molecule has 0 radical (unpaired) electrons. The molecule has 0 aliphatic heterocycles. The van der Waals surface area contributed by atoms with Crippen LogP contribution in [0.3, 0.4) is 0 Å². The number of carboxylic acid groups (broad SMARTS) is 1. The fraction of sp³-hybridized carbons (Fsp3) is 0.333. The second kappa shape index (κ2) is 6.00. The molecule has 0 aliphatic carbocycles. The Morgan fingerprint density at radius 2 is 1.94 bits per heavy atom. The molecule has 4 N–H and O–H groups in total. The zero-order valence-corrected chi connectivity index (χ0v) is 9.64. The molecule has 5 nitrogen and oxygen atoms in total. The van der Waals surface area contributed by atoms with E-state index in [1.165, 1.54) is 12.1 Å². The van der Waals surface area contributed by atoms with Gasteiger partial charge in [-0.15, -0.1) is 0 Å². The number of nitrogens with one attached hydrogen (secondary N) is 1. The standard InChI is InChI=1S/C12H16N2O3/c1-2-10(13)11(15)14-7-8-3-5-9(6-4-8)12(16)17/h3-6,10H,2,7,13H2,1H3,(H,14,15)(H,16,17)/t10-/m0/s1. The van der Waals surface area contributed by atoms with Gasteiger partial charge in [0.05, 0.1) is 11.6 Å². The van der Waals surface area contributed by atoms with Gasteiger partial charge in [0.25, 0.3) is 0 Å². The van der Waals surface area contributed by atoms with Crippen LogP contribution in [0.1, 0.15) is 29.3 Å². The Bertz CT molecular complexity index is 401. The highest BCUT2D eigenvalue weighted by atomic mass is 16.4. The van der Waals surface area contributed by atoms with Crippen LogP contribution in [0.4, 0.5) is 0 Å². The van der Waals surface area contributed by atoms with Crippen LogP contribution in [0.2, 0.25) is 0 Å². The summed E-state index contributed by atoms with van der Waals surface area (Å²) in [6, 6.07) is 5.85. The fourth-order valence-electron chi connectivity index (χ4n) is 1.27. The average molecular weight is 236 g/mol. The average Bonchev–Trinajstić information content (AvgIpc) is 2.35. The van der Waals surface area contributed by atoms with Gasteiger partial charge in [0, 0.05) is 6.54 Å². The minimum atomic E-state index is -0.964. The van der Waals surface area contributed by atoms with E-state index in [-0.39, 0.29) is 11.5 Å². The van der Waals surface area contributed by atoms with Gasteiger partial charge in [-0.3, -0.25) is 4.79 Å². The summed E-state index contributed by atoms with van der Waals surface area (Å²) in [6.45, 7) is 2.19. The van der Waals surface area contributed by atoms with Crippen LogP contribution in [0.25, 0.3) is 0 Å². The van der Waals surface area contributed by atoms with E-state index >= 15 is 0 Å². The third-order valence-corrected chi connectivity index (χ3v) is 2.44. The summed E-state index contributed by atoms with van der Waals surface area (Å²) in [4.78, 5) is 22.0. The Balaban J connectivity index is 2.53. The van der Waals surface area contributed by atoms with Gasteiger partial charge in [-0.05, 0) is 24.1 Å². The van der Waals surface area contributed by atoms with Crippen molar-refractivity contribution in [2.45, 2.75) is 25.9 Å². The highest BCUT2D eigenvalue weighted by Crippen LogP contribution is 2.04. The predicted molar refractivity (Wildman–Crippen MR) is 63.5 cm³/mol. The van der Waals surface area contributed by atoms with Crippen LogP contribution in [-0.4, -0.2) is 23.0 Å². The number of amides is 1. The maximum atomic E-state index is 11.4. The van der Waals surface area contributed by atoms with Crippen molar-refractivity contribution in [2.24, 2.45) is 5.73 Å². The molecular weight excluding hydrogens is 220 g/mol. The number of benzene rings is 1. The lowest BCUT2D eigenvalue weighted by molar-refractivity contribution is -0.122. The third kappa shape index (κ3) is 3.88. The van der Waals surface area contributed by atoms with Crippen LogP contribution in [0, 0.1) is 0 Å². The van der Waals surface area contributed by atoms with Gasteiger partial charge >= 0.3 is 5.97 Å². The summed E-state index contributed by atoms with van der Waals surface area (Å²) < 4.78 is 0. The zero-order valence-electron chi connectivity index (χ0n) is 9.64. The molecule has 17 heavy (non-hydrogen) atoms. The van der Waals surface area contributed by atoms with Crippen LogP contribution in [0.5, 0.6) is 0 Å². The lowest BCUT2D eigenvalue weighted by Crippen LogP contribution is -2.39. The first-order chi connectivity index (χ1) is 8.04. The highest BCUT2D eigenvalue weighted by Gasteiger charge is 2.10. The molecule has 0 spiro atoms. The lowest BCUT2D eigenvalue weighted by atomic mass is 10.1. The number of carbonyl (C=O) groups is 2. The van der Waals surface area contributed by atoms with E-state index in [4.69, 9.17) is 10.8 Å². The van der Waals surface area contributed by atoms with Crippen LogP contribution >= 0.6 is 0 Å². The number of nitrogens with two attached hydrogens (primary N) is 1. The lowest BCUT2D eigenvalue weighted by Gasteiger charge is -2.10. The van der Waals surface area contributed by atoms with Gasteiger partial charge in [0.15, 0.2) is 0 Å². The molecule has 1 aromatic rings. The second-order valence-electron chi connectivity index (χ2n) is 3.73. The first-order valence-electron chi connectivity index (χ1n) is 5.40. The largest absolute Gasteiger partial charge is 0.478 e. The van der Waals surface area contributed by atoms with Crippen molar-refractivity contribution >= 4 is 11.9 Å². The summed E-state index contributed by atoms with van der Waals surface area (Å²) >= 11 is 0. The van der Waals surface area contributed by atoms with Crippen LogP contribution < -0.4 is 11.1 Å². The molecule has 92 valence electrons. The predicted octanol–water partition coefficient (Wildman–Crippen LogP) is 0.738. The molecule has 0 fully saturated rings. The van der Waals surface area contributed by atoms with Crippen LogP contribution in [-0.2, 0) is 11.3 Å². The van der Waals surface area contributed by atoms with Gasteiger partial charge in [0.1, 0.15) is 0 Å². The normalized spacial score (nSPS) is 11.9. The van der Waals surface area contributed by atoms with Gasteiger partial charge < -0.3 is 16.2 Å². The molecule has 1 atom stereocenters. The summed E-state index contributed by atoms with van der Waals surface area (Å²) in [5, 5.41) is 11.4. The molecule has 1 rings (SSSR count). The monoisotopic (exact) mass is 236 g/mol. The molecular formula is C12H16N2O3. The smallest absolute Gasteiger partial charge is 0.335 e. The van der Waals surface area contributed by atoms with Crippen molar-refractivity contribution in [3.8, 4) is 0 Å². The van der Waals surface area contributed by atoms with Gasteiger partial charge in [-0.2, -0.15) is 0 Å². The van der Waals surface area contributed by atoms with Crippen molar-refractivity contribution in [1.29, 1.82) is 0 Å². The van der Waals surface area contributed by atoms with Crippen molar-refractivity contribution in [2.75, 3.05) is 0 Å². The van der Waals surface area contributed by atoms with Gasteiger partial charge in [0.2, 0.25) is 5.91 Å². The first-order valence-corrected chi connectivity index (χ1v) is 5.40. The Hall–Kier alpha value is -1.88. The fourth-order valence-corrected chi connectivity index (χ4v) is 1.27. The Morgan fingerprint density at radius 3 is 2.41 bits per heavy atom. The summed E-state index contributed by atoms with van der Waals surface area (Å²) in [5.74, 6) is -1.16. The van der Waals surface area contributed by atoms with E-state index in [9.17, 15) is 9.59 Å². The van der Waals surface area contributed by atoms with E-state index in [0.717, 1.165) is 5.56 Å².